The Labute approximate surface area is 156 Å². The first-order chi connectivity index (χ1) is 12.4. The Morgan fingerprint density at radius 2 is 1.77 bits per heavy atom. The van der Waals surface area contributed by atoms with Gasteiger partial charge in [-0.2, -0.15) is 0 Å². The molecular formula is C20H18ClN3O2. The van der Waals surface area contributed by atoms with Crippen LogP contribution < -0.4 is 10.6 Å². The van der Waals surface area contributed by atoms with Crippen molar-refractivity contribution in [2.45, 2.75) is 13.8 Å². The van der Waals surface area contributed by atoms with Crippen LogP contribution in [-0.2, 0) is 0 Å². The fourth-order valence-corrected chi connectivity index (χ4v) is 2.89. The van der Waals surface area contributed by atoms with Crippen molar-refractivity contribution in [1.82, 2.24) is 10.3 Å². The molecule has 0 saturated heterocycles. The molecule has 0 fully saturated rings. The first-order valence-corrected chi connectivity index (χ1v) is 8.48. The van der Waals surface area contributed by atoms with Crippen molar-refractivity contribution in [3.8, 4) is 0 Å². The highest BCUT2D eigenvalue weighted by molar-refractivity contribution is 6.31. The number of nitrogens with one attached hydrogen (secondary N) is 2. The minimum atomic E-state index is -0.283. The number of hydrogen-bond acceptors (Lipinski definition) is 3. The molecule has 0 spiro atoms. The van der Waals surface area contributed by atoms with Crippen molar-refractivity contribution in [3.63, 3.8) is 0 Å². The molecule has 0 radical (unpaired) electrons. The van der Waals surface area contributed by atoms with Crippen molar-refractivity contribution in [1.29, 1.82) is 0 Å². The summed E-state index contributed by atoms with van der Waals surface area (Å²) in [4.78, 5) is 29.1. The van der Waals surface area contributed by atoms with Crippen LogP contribution in [0.5, 0.6) is 0 Å². The highest BCUT2D eigenvalue weighted by Gasteiger charge is 2.14. The van der Waals surface area contributed by atoms with Crippen LogP contribution in [0, 0.1) is 13.8 Å². The Morgan fingerprint density at radius 1 is 1.00 bits per heavy atom. The van der Waals surface area contributed by atoms with Gasteiger partial charge in [-0.15, -0.1) is 0 Å². The van der Waals surface area contributed by atoms with Crippen LogP contribution in [0.1, 0.15) is 32.0 Å². The summed E-state index contributed by atoms with van der Waals surface area (Å²) in [6, 6.07) is 12.3. The molecule has 0 unspecified atom stereocenters. The van der Waals surface area contributed by atoms with Crippen LogP contribution in [0.25, 0.3) is 10.9 Å². The van der Waals surface area contributed by atoms with E-state index in [1.165, 1.54) is 0 Å². The van der Waals surface area contributed by atoms with Gasteiger partial charge in [0.25, 0.3) is 11.8 Å². The number of nitrogens with zero attached hydrogens (tertiary/aromatic N) is 1. The SMILES string of the molecule is CNC(=O)c1ccc(C)c(NC(=O)c2cc3cc(Cl)ccc3nc2C)c1. The van der Waals surface area contributed by atoms with Gasteiger partial charge < -0.3 is 10.6 Å². The second kappa shape index (κ2) is 7.14. The number of rotatable bonds is 3. The summed E-state index contributed by atoms with van der Waals surface area (Å²) in [6.45, 7) is 3.66. The second-order valence-electron chi connectivity index (χ2n) is 6.02. The minimum absolute atomic E-state index is 0.210. The maximum Gasteiger partial charge on any atom is 0.257 e. The fourth-order valence-electron chi connectivity index (χ4n) is 2.71. The molecule has 0 aliphatic carbocycles. The van der Waals surface area contributed by atoms with Gasteiger partial charge in [-0.1, -0.05) is 17.7 Å². The molecule has 0 atom stereocenters. The van der Waals surface area contributed by atoms with E-state index in [1.807, 2.05) is 13.0 Å². The molecule has 0 aliphatic heterocycles. The topological polar surface area (TPSA) is 71.1 Å². The van der Waals surface area contributed by atoms with E-state index < -0.39 is 0 Å². The average Bonchev–Trinajstić information content (AvgIpc) is 2.62. The molecule has 1 aromatic heterocycles. The van der Waals surface area contributed by atoms with E-state index in [4.69, 9.17) is 11.6 Å². The van der Waals surface area contributed by atoms with Gasteiger partial charge in [-0.05, 0) is 55.8 Å². The van der Waals surface area contributed by atoms with Crippen LogP contribution in [0.2, 0.25) is 5.02 Å². The van der Waals surface area contributed by atoms with Crippen LogP contribution in [0.3, 0.4) is 0 Å². The molecule has 0 bridgehead atoms. The van der Waals surface area contributed by atoms with Crippen LogP contribution in [0.4, 0.5) is 5.69 Å². The number of benzene rings is 2. The number of aromatic nitrogens is 1. The monoisotopic (exact) mass is 367 g/mol. The summed E-state index contributed by atoms with van der Waals surface area (Å²) < 4.78 is 0. The van der Waals surface area contributed by atoms with E-state index in [0.29, 0.717) is 27.5 Å². The number of amides is 2. The van der Waals surface area contributed by atoms with Crippen molar-refractivity contribution >= 4 is 40.0 Å². The first-order valence-electron chi connectivity index (χ1n) is 8.10. The third kappa shape index (κ3) is 3.53. The van der Waals surface area contributed by atoms with Gasteiger partial charge in [0.15, 0.2) is 0 Å². The van der Waals surface area contributed by atoms with Crippen molar-refractivity contribution in [2.24, 2.45) is 0 Å². The lowest BCUT2D eigenvalue weighted by Crippen LogP contribution is -2.19. The highest BCUT2D eigenvalue weighted by atomic mass is 35.5. The third-order valence-electron chi connectivity index (χ3n) is 4.19. The number of halogens is 1. The molecule has 2 N–H and O–H groups in total. The van der Waals surface area contributed by atoms with E-state index in [0.717, 1.165) is 16.5 Å². The molecule has 3 rings (SSSR count). The van der Waals surface area contributed by atoms with E-state index in [1.54, 1.807) is 50.4 Å². The molecular weight excluding hydrogens is 350 g/mol. The Hall–Kier alpha value is -2.92. The number of fused-ring (bicyclic) bond motifs is 1. The lowest BCUT2D eigenvalue weighted by Gasteiger charge is -2.12. The number of carbonyl (C=O) groups excluding carboxylic acids is 2. The number of aryl methyl sites for hydroxylation is 2. The molecule has 6 heteroatoms. The van der Waals surface area contributed by atoms with Gasteiger partial charge in [-0.3, -0.25) is 14.6 Å². The fraction of sp³-hybridized carbons (Fsp3) is 0.150. The van der Waals surface area contributed by atoms with Crippen molar-refractivity contribution in [2.75, 3.05) is 12.4 Å². The third-order valence-corrected chi connectivity index (χ3v) is 4.42. The predicted octanol–water partition coefficient (Wildman–Crippen LogP) is 4.12. The van der Waals surface area contributed by atoms with Gasteiger partial charge in [0.2, 0.25) is 0 Å². The Balaban J connectivity index is 1.96. The maximum atomic E-state index is 12.8. The quantitative estimate of drug-likeness (QED) is 0.731. The maximum absolute atomic E-state index is 12.8. The number of hydrogen-bond donors (Lipinski definition) is 2. The van der Waals surface area contributed by atoms with Crippen LogP contribution >= 0.6 is 11.6 Å². The van der Waals surface area contributed by atoms with Crippen molar-refractivity contribution < 1.29 is 9.59 Å². The van der Waals surface area contributed by atoms with Gasteiger partial charge >= 0.3 is 0 Å². The number of anilines is 1. The lowest BCUT2D eigenvalue weighted by atomic mass is 10.1. The van der Waals surface area contributed by atoms with Gasteiger partial charge in [0.1, 0.15) is 0 Å². The van der Waals surface area contributed by atoms with E-state index in [2.05, 4.69) is 15.6 Å². The molecule has 132 valence electrons. The molecule has 5 nitrogen and oxygen atoms in total. The first kappa shape index (κ1) is 17.9. The van der Waals surface area contributed by atoms with E-state index >= 15 is 0 Å². The smallest absolute Gasteiger partial charge is 0.257 e. The van der Waals surface area contributed by atoms with Gasteiger partial charge in [-0.25, -0.2) is 0 Å². The van der Waals surface area contributed by atoms with Crippen molar-refractivity contribution in [3.05, 3.63) is 69.9 Å². The molecule has 2 amide bonds. The van der Waals surface area contributed by atoms with Gasteiger partial charge in [0, 0.05) is 28.7 Å². The number of pyridine rings is 1. The van der Waals surface area contributed by atoms with Crippen LogP contribution in [-0.4, -0.2) is 23.8 Å². The van der Waals surface area contributed by atoms with Crippen LogP contribution in [0.15, 0.2) is 42.5 Å². The van der Waals surface area contributed by atoms with E-state index in [9.17, 15) is 9.59 Å². The summed E-state index contributed by atoms with van der Waals surface area (Å²) in [5.41, 5.74) is 3.79. The molecule has 0 aliphatic rings. The van der Waals surface area contributed by atoms with E-state index in [-0.39, 0.29) is 11.8 Å². The minimum Gasteiger partial charge on any atom is -0.355 e. The normalized spacial score (nSPS) is 10.6. The molecule has 1 heterocycles. The Bertz CT molecular complexity index is 1030. The standard InChI is InChI=1S/C20H18ClN3O2/c1-11-4-5-13(19(25)22-3)10-18(11)24-20(26)16-9-14-8-15(21)6-7-17(14)23-12(16)2/h4-10H,1-3H3,(H,22,25)(H,24,26). The second-order valence-corrected chi connectivity index (χ2v) is 6.46. The largest absolute Gasteiger partial charge is 0.355 e. The highest BCUT2D eigenvalue weighted by Crippen LogP contribution is 2.23. The summed E-state index contributed by atoms with van der Waals surface area (Å²) in [5, 5.41) is 6.83. The Kier molecular flexibility index (Phi) is 4.91. The molecule has 2 aromatic carbocycles. The van der Waals surface area contributed by atoms with Gasteiger partial charge in [0.05, 0.1) is 16.8 Å². The molecule has 0 saturated carbocycles. The molecule has 3 aromatic rings. The Morgan fingerprint density at radius 3 is 2.50 bits per heavy atom. The molecule has 26 heavy (non-hydrogen) atoms. The summed E-state index contributed by atoms with van der Waals surface area (Å²) in [5.74, 6) is -0.493. The average molecular weight is 368 g/mol. The predicted molar refractivity (Wildman–Crippen MR) is 104 cm³/mol. The summed E-state index contributed by atoms with van der Waals surface area (Å²) >= 11 is 6.04. The summed E-state index contributed by atoms with van der Waals surface area (Å²) in [7, 11) is 1.57. The summed E-state index contributed by atoms with van der Waals surface area (Å²) in [6.07, 6.45) is 0. The zero-order valence-electron chi connectivity index (χ0n) is 14.7. The lowest BCUT2D eigenvalue weighted by molar-refractivity contribution is 0.0961. The zero-order valence-corrected chi connectivity index (χ0v) is 15.4. The number of carbonyl (C=O) groups is 2. The zero-order chi connectivity index (χ0) is 18.8.